The van der Waals surface area contributed by atoms with Gasteiger partial charge in [-0.1, -0.05) is 36.4 Å². The first-order valence-corrected chi connectivity index (χ1v) is 7.44. The van der Waals surface area contributed by atoms with Crippen molar-refractivity contribution < 1.29 is 9.59 Å². The van der Waals surface area contributed by atoms with Gasteiger partial charge < -0.3 is 0 Å². The number of hydrogen-bond acceptors (Lipinski definition) is 3. The fourth-order valence-corrected chi connectivity index (χ4v) is 3.75. The molecule has 1 aliphatic carbocycles. The van der Waals surface area contributed by atoms with Crippen LogP contribution in [0.3, 0.4) is 0 Å². The van der Waals surface area contributed by atoms with Gasteiger partial charge in [-0.15, -0.1) is 0 Å². The van der Waals surface area contributed by atoms with E-state index >= 15 is 0 Å². The van der Waals surface area contributed by atoms with E-state index < -0.39 is 0 Å². The molecule has 2 atom stereocenters. The Labute approximate surface area is 128 Å². The first-order valence-electron chi connectivity index (χ1n) is 6.92. The predicted molar refractivity (Wildman–Crippen MR) is 82.5 cm³/mol. The Bertz CT molecular complexity index is 736. The van der Waals surface area contributed by atoms with E-state index in [1.807, 2.05) is 24.3 Å². The van der Waals surface area contributed by atoms with Crippen LogP contribution in [0.4, 0.5) is 0 Å². The maximum absolute atomic E-state index is 12.6. The van der Waals surface area contributed by atoms with Gasteiger partial charge in [0, 0.05) is 5.25 Å². The highest BCUT2D eigenvalue weighted by atomic mass is 32.1. The molecule has 3 nitrogen and oxygen atoms in total. The average Bonchev–Trinajstić information content (AvgIpc) is 2.96. The van der Waals surface area contributed by atoms with Gasteiger partial charge in [0.15, 0.2) is 0 Å². The van der Waals surface area contributed by atoms with Crippen molar-refractivity contribution in [2.75, 3.05) is 0 Å². The van der Waals surface area contributed by atoms with E-state index in [1.54, 1.807) is 24.3 Å². The minimum Gasteiger partial charge on any atom is -0.269 e. The van der Waals surface area contributed by atoms with Gasteiger partial charge in [-0.25, -0.2) is 0 Å². The van der Waals surface area contributed by atoms with Crippen molar-refractivity contribution in [2.24, 2.45) is 0 Å². The molecule has 1 aliphatic heterocycles. The lowest BCUT2D eigenvalue weighted by atomic mass is 10.1. The zero-order valence-corrected chi connectivity index (χ0v) is 12.1. The minimum absolute atomic E-state index is 0.0653. The van der Waals surface area contributed by atoms with E-state index in [1.165, 1.54) is 4.90 Å². The third kappa shape index (κ3) is 1.69. The molecule has 0 fully saturated rings. The third-order valence-electron chi connectivity index (χ3n) is 4.30. The summed E-state index contributed by atoms with van der Waals surface area (Å²) in [6.45, 7) is 0. The summed E-state index contributed by atoms with van der Waals surface area (Å²) in [5.41, 5.74) is 3.15. The summed E-state index contributed by atoms with van der Waals surface area (Å²) in [6, 6.07) is 14.7. The zero-order valence-electron chi connectivity index (χ0n) is 11.2. The van der Waals surface area contributed by atoms with Gasteiger partial charge in [0.05, 0.1) is 17.2 Å². The number of carbonyl (C=O) groups excluding carboxylic acids is 2. The molecule has 4 rings (SSSR count). The number of nitrogens with zero attached hydrogens (tertiary/aromatic N) is 1. The molecule has 2 amide bonds. The number of benzene rings is 2. The summed E-state index contributed by atoms with van der Waals surface area (Å²) in [4.78, 5) is 26.6. The van der Waals surface area contributed by atoms with Crippen LogP contribution in [0.2, 0.25) is 0 Å². The predicted octanol–water partition coefficient (Wildman–Crippen LogP) is 3.40. The van der Waals surface area contributed by atoms with Gasteiger partial charge in [0.2, 0.25) is 0 Å². The van der Waals surface area contributed by atoms with Crippen molar-refractivity contribution >= 4 is 24.4 Å². The molecule has 0 saturated heterocycles. The number of thiol groups is 1. The van der Waals surface area contributed by atoms with Crippen LogP contribution in [-0.4, -0.2) is 16.7 Å². The molecule has 0 unspecified atom stereocenters. The highest BCUT2D eigenvalue weighted by Crippen LogP contribution is 2.47. The number of carbonyl (C=O) groups is 2. The monoisotopic (exact) mass is 295 g/mol. The van der Waals surface area contributed by atoms with Crippen LogP contribution < -0.4 is 0 Å². The highest BCUT2D eigenvalue weighted by Gasteiger charge is 2.44. The number of fused-ring (bicyclic) bond motifs is 2. The molecular formula is C17H13NO2S. The molecular weight excluding hydrogens is 282 g/mol. The molecule has 104 valence electrons. The third-order valence-corrected chi connectivity index (χ3v) is 4.79. The molecule has 4 heteroatoms. The van der Waals surface area contributed by atoms with E-state index in [9.17, 15) is 9.59 Å². The smallest absolute Gasteiger partial charge is 0.262 e. The Kier molecular flexibility index (Phi) is 2.69. The standard InChI is InChI=1S/C17H13NO2S/c19-16-12-7-3-4-8-13(12)17(20)18(16)14-9-15(21)11-6-2-1-5-10(11)14/h1-8,14-15,21H,9H2/t14-,15-/m0/s1. The van der Waals surface area contributed by atoms with Crippen LogP contribution in [0.5, 0.6) is 0 Å². The summed E-state index contributed by atoms with van der Waals surface area (Å²) >= 11 is 4.60. The maximum atomic E-state index is 12.6. The lowest BCUT2D eigenvalue weighted by Crippen LogP contribution is -2.33. The number of hydrogen-bond donors (Lipinski definition) is 1. The molecule has 21 heavy (non-hydrogen) atoms. The average molecular weight is 295 g/mol. The molecule has 0 spiro atoms. The van der Waals surface area contributed by atoms with E-state index in [0.717, 1.165) is 11.1 Å². The molecule has 0 saturated carbocycles. The highest BCUT2D eigenvalue weighted by molar-refractivity contribution is 7.80. The topological polar surface area (TPSA) is 37.4 Å². The van der Waals surface area contributed by atoms with Gasteiger partial charge in [0.25, 0.3) is 11.8 Å². The van der Waals surface area contributed by atoms with Gasteiger partial charge in [-0.05, 0) is 29.7 Å². The van der Waals surface area contributed by atoms with Crippen LogP contribution >= 0.6 is 12.6 Å². The van der Waals surface area contributed by atoms with Crippen molar-refractivity contribution in [3.63, 3.8) is 0 Å². The molecule has 1 heterocycles. The summed E-state index contributed by atoms with van der Waals surface area (Å²) in [7, 11) is 0. The summed E-state index contributed by atoms with van der Waals surface area (Å²) in [5.74, 6) is -0.393. The van der Waals surface area contributed by atoms with E-state index in [4.69, 9.17) is 0 Å². The number of amides is 2. The molecule has 2 aromatic rings. The Balaban J connectivity index is 1.80. The second-order valence-electron chi connectivity index (χ2n) is 5.42. The molecule has 0 bridgehead atoms. The SMILES string of the molecule is O=C1c2ccccc2C(=O)N1[C@H]1C[C@H](S)c2ccccc21. The molecule has 0 aromatic heterocycles. The fraction of sp³-hybridized carbons (Fsp3) is 0.176. The van der Waals surface area contributed by atoms with Crippen molar-refractivity contribution in [2.45, 2.75) is 17.7 Å². The van der Waals surface area contributed by atoms with Crippen molar-refractivity contribution in [3.05, 3.63) is 70.8 Å². The molecule has 0 N–H and O–H groups in total. The van der Waals surface area contributed by atoms with Gasteiger partial charge in [0.1, 0.15) is 0 Å². The van der Waals surface area contributed by atoms with Gasteiger partial charge in [-0.3, -0.25) is 14.5 Å². The first kappa shape index (κ1) is 12.7. The summed E-state index contributed by atoms with van der Waals surface area (Å²) in [6.07, 6.45) is 0.675. The first-order chi connectivity index (χ1) is 10.2. The van der Waals surface area contributed by atoms with E-state index in [2.05, 4.69) is 12.6 Å². The Morgan fingerprint density at radius 2 is 1.38 bits per heavy atom. The van der Waals surface area contributed by atoms with Crippen LogP contribution in [0.1, 0.15) is 49.6 Å². The summed E-state index contributed by atoms with van der Waals surface area (Å²) < 4.78 is 0. The molecule has 2 aliphatic rings. The van der Waals surface area contributed by atoms with Gasteiger partial charge in [-0.2, -0.15) is 12.6 Å². The van der Waals surface area contributed by atoms with Crippen molar-refractivity contribution in [1.29, 1.82) is 0 Å². The summed E-state index contributed by atoms with van der Waals surface area (Å²) in [5, 5.41) is 0.0653. The largest absolute Gasteiger partial charge is 0.269 e. The van der Waals surface area contributed by atoms with Gasteiger partial charge >= 0.3 is 0 Å². The van der Waals surface area contributed by atoms with Crippen LogP contribution in [0.15, 0.2) is 48.5 Å². The van der Waals surface area contributed by atoms with Crippen LogP contribution in [0.25, 0.3) is 0 Å². The van der Waals surface area contributed by atoms with Crippen molar-refractivity contribution in [3.8, 4) is 0 Å². The normalized spacial score (nSPS) is 23.4. The zero-order chi connectivity index (χ0) is 14.6. The Morgan fingerprint density at radius 3 is 2.00 bits per heavy atom. The maximum Gasteiger partial charge on any atom is 0.262 e. The lowest BCUT2D eigenvalue weighted by Gasteiger charge is -2.23. The van der Waals surface area contributed by atoms with Crippen LogP contribution in [-0.2, 0) is 0 Å². The quantitative estimate of drug-likeness (QED) is 0.647. The second-order valence-corrected chi connectivity index (χ2v) is 6.05. The number of rotatable bonds is 1. The minimum atomic E-state index is -0.212. The lowest BCUT2D eigenvalue weighted by molar-refractivity contribution is 0.0582. The van der Waals surface area contributed by atoms with Crippen molar-refractivity contribution in [1.82, 2.24) is 4.90 Å². The van der Waals surface area contributed by atoms with Crippen LogP contribution in [0, 0.1) is 0 Å². The Morgan fingerprint density at radius 1 is 0.857 bits per heavy atom. The van der Waals surface area contributed by atoms with E-state index in [-0.39, 0.29) is 23.1 Å². The molecule has 0 radical (unpaired) electrons. The fourth-order valence-electron chi connectivity index (χ4n) is 3.32. The van der Waals surface area contributed by atoms with E-state index in [0.29, 0.717) is 17.5 Å². The second kappa shape index (κ2) is 4.46. The number of imide groups is 1. The molecule has 2 aromatic carbocycles. The Hall–Kier alpha value is -2.07.